The first kappa shape index (κ1) is 21.4. The average Bonchev–Trinajstić information content (AvgIpc) is 3.09. The van der Waals surface area contributed by atoms with E-state index in [9.17, 15) is 14.7 Å². The number of aliphatic hydroxyl groups excluding tert-OH is 1. The Morgan fingerprint density at radius 1 is 1.06 bits per heavy atom. The van der Waals surface area contributed by atoms with E-state index < -0.39 is 17.7 Å². The number of methoxy groups -OCH3 is 2. The van der Waals surface area contributed by atoms with Gasteiger partial charge >= 0.3 is 0 Å². The molecule has 1 aliphatic rings. The SMILES string of the molecule is COc1ccc(OC)c(C2C(=C(O)c3ccc(Cl)cc3)C(=O)C(=O)N2c2cccnc2)c1. The molecule has 2 heterocycles. The van der Waals surface area contributed by atoms with E-state index in [1.54, 1.807) is 60.8 Å². The smallest absolute Gasteiger partial charge is 0.300 e. The van der Waals surface area contributed by atoms with Gasteiger partial charge in [0.1, 0.15) is 17.3 Å². The molecule has 1 atom stereocenters. The molecule has 1 N–H and O–H groups in total. The number of amides is 1. The van der Waals surface area contributed by atoms with E-state index in [0.717, 1.165) is 0 Å². The number of benzene rings is 2. The topological polar surface area (TPSA) is 89.0 Å². The Bertz CT molecular complexity index is 1210. The van der Waals surface area contributed by atoms with Crippen LogP contribution in [0, 0.1) is 0 Å². The van der Waals surface area contributed by atoms with Crippen molar-refractivity contribution in [1.82, 2.24) is 4.98 Å². The van der Waals surface area contributed by atoms with Crippen molar-refractivity contribution in [3.63, 3.8) is 0 Å². The molecule has 0 saturated carbocycles. The molecule has 0 spiro atoms. The first-order valence-electron chi connectivity index (χ1n) is 9.65. The Morgan fingerprint density at radius 3 is 2.44 bits per heavy atom. The summed E-state index contributed by atoms with van der Waals surface area (Å²) in [7, 11) is 3.00. The molecule has 162 valence electrons. The predicted molar refractivity (Wildman–Crippen MR) is 120 cm³/mol. The van der Waals surface area contributed by atoms with E-state index >= 15 is 0 Å². The summed E-state index contributed by atoms with van der Waals surface area (Å²) in [5.74, 6) is -1.00. The molecule has 3 aromatic rings. The van der Waals surface area contributed by atoms with Crippen LogP contribution in [0.25, 0.3) is 5.76 Å². The van der Waals surface area contributed by atoms with Crippen LogP contribution in [-0.2, 0) is 9.59 Å². The maximum absolute atomic E-state index is 13.2. The molecule has 32 heavy (non-hydrogen) atoms. The Morgan fingerprint density at radius 2 is 1.81 bits per heavy atom. The van der Waals surface area contributed by atoms with Crippen molar-refractivity contribution in [3.8, 4) is 11.5 Å². The summed E-state index contributed by atoms with van der Waals surface area (Å²) >= 11 is 5.96. The van der Waals surface area contributed by atoms with Gasteiger partial charge in [-0.3, -0.25) is 19.5 Å². The zero-order valence-electron chi connectivity index (χ0n) is 17.3. The third-order valence-electron chi connectivity index (χ3n) is 5.22. The standard InChI is InChI=1S/C24H19ClN2O5/c1-31-17-9-10-19(32-2)18(12-17)21-20(22(28)14-5-7-15(25)8-6-14)23(29)24(30)27(21)16-4-3-11-26-13-16/h3-13,21,28H,1-2H3. The lowest BCUT2D eigenvalue weighted by molar-refractivity contribution is -0.132. The Labute approximate surface area is 189 Å². The van der Waals surface area contributed by atoms with Crippen LogP contribution < -0.4 is 14.4 Å². The number of halogens is 1. The third kappa shape index (κ3) is 3.67. The van der Waals surface area contributed by atoms with Crippen LogP contribution in [0.2, 0.25) is 5.02 Å². The lowest BCUT2D eigenvalue weighted by Crippen LogP contribution is -2.29. The summed E-state index contributed by atoms with van der Waals surface area (Å²) in [6.07, 6.45) is 3.04. The van der Waals surface area contributed by atoms with Crippen LogP contribution in [0.3, 0.4) is 0 Å². The molecular formula is C24H19ClN2O5. The van der Waals surface area contributed by atoms with Crippen LogP contribution in [0.4, 0.5) is 5.69 Å². The maximum atomic E-state index is 13.2. The minimum atomic E-state index is -0.972. The normalized spacial score (nSPS) is 17.5. The summed E-state index contributed by atoms with van der Waals surface area (Å²) < 4.78 is 10.9. The van der Waals surface area contributed by atoms with E-state index in [1.807, 2.05) is 0 Å². The highest BCUT2D eigenvalue weighted by Gasteiger charge is 2.48. The van der Waals surface area contributed by atoms with Gasteiger partial charge in [0.2, 0.25) is 0 Å². The fourth-order valence-corrected chi connectivity index (χ4v) is 3.83. The van der Waals surface area contributed by atoms with Gasteiger partial charge in [-0.2, -0.15) is 0 Å². The van der Waals surface area contributed by atoms with Gasteiger partial charge in [-0.05, 0) is 54.6 Å². The van der Waals surface area contributed by atoms with Crippen molar-refractivity contribution < 1.29 is 24.2 Å². The quantitative estimate of drug-likeness (QED) is 0.352. The number of hydrogen-bond donors (Lipinski definition) is 1. The highest BCUT2D eigenvalue weighted by molar-refractivity contribution is 6.51. The van der Waals surface area contributed by atoms with Gasteiger partial charge < -0.3 is 14.6 Å². The van der Waals surface area contributed by atoms with Gasteiger partial charge in [0.25, 0.3) is 11.7 Å². The number of Topliss-reactive ketones (excluding diaryl/α,β-unsaturated/α-hetero) is 1. The molecule has 1 amide bonds. The van der Waals surface area contributed by atoms with Crippen molar-refractivity contribution in [2.75, 3.05) is 19.1 Å². The minimum Gasteiger partial charge on any atom is -0.507 e. The number of rotatable bonds is 5. The first-order valence-corrected chi connectivity index (χ1v) is 10.0. The van der Waals surface area contributed by atoms with Gasteiger partial charge in [0, 0.05) is 22.3 Å². The molecule has 8 heteroatoms. The molecule has 2 aromatic carbocycles. The number of nitrogens with zero attached hydrogens (tertiary/aromatic N) is 2. The number of ether oxygens (including phenoxy) is 2. The fraction of sp³-hybridized carbons (Fsp3) is 0.125. The summed E-state index contributed by atoms with van der Waals surface area (Å²) in [6, 6.07) is 13.8. The van der Waals surface area contributed by atoms with Gasteiger partial charge in [-0.15, -0.1) is 0 Å². The number of carbonyl (C=O) groups excluding carboxylic acids is 2. The van der Waals surface area contributed by atoms with Crippen molar-refractivity contribution in [1.29, 1.82) is 0 Å². The largest absolute Gasteiger partial charge is 0.507 e. The third-order valence-corrected chi connectivity index (χ3v) is 5.47. The number of aromatic nitrogens is 1. The molecule has 1 unspecified atom stereocenters. The fourth-order valence-electron chi connectivity index (χ4n) is 3.71. The van der Waals surface area contributed by atoms with Crippen LogP contribution in [0.5, 0.6) is 11.5 Å². The highest BCUT2D eigenvalue weighted by Crippen LogP contribution is 2.45. The average molecular weight is 451 g/mol. The van der Waals surface area contributed by atoms with Gasteiger partial charge in [0.05, 0.1) is 37.7 Å². The second-order valence-corrected chi connectivity index (χ2v) is 7.43. The molecule has 4 rings (SSSR count). The van der Waals surface area contributed by atoms with Crippen molar-refractivity contribution in [3.05, 3.63) is 88.7 Å². The molecule has 0 radical (unpaired) electrons. The Balaban J connectivity index is 2.01. The molecule has 0 bridgehead atoms. The molecule has 1 aromatic heterocycles. The maximum Gasteiger partial charge on any atom is 0.300 e. The van der Waals surface area contributed by atoms with Crippen LogP contribution >= 0.6 is 11.6 Å². The van der Waals surface area contributed by atoms with E-state index in [-0.39, 0.29) is 11.3 Å². The van der Waals surface area contributed by atoms with E-state index in [4.69, 9.17) is 21.1 Å². The Hall–Kier alpha value is -3.84. The van der Waals surface area contributed by atoms with Crippen molar-refractivity contribution in [2.45, 2.75) is 6.04 Å². The van der Waals surface area contributed by atoms with Gasteiger partial charge in [-0.25, -0.2) is 0 Å². The van der Waals surface area contributed by atoms with Gasteiger partial charge in [0.15, 0.2) is 0 Å². The number of anilines is 1. The Kier molecular flexibility index (Phi) is 5.83. The van der Waals surface area contributed by atoms with Crippen LogP contribution in [0.1, 0.15) is 17.2 Å². The summed E-state index contributed by atoms with van der Waals surface area (Å²) in [5, 5.41) is 11.6. The molecule has 1 aliphatic heterocycles. The second kappa shape index (κ2) is 8.72. The molecule has 0 aliphatic carbocycles. The second-order valence-electron chi connectivity index (χ2n) is 7.00. The minimum absolute atomic E-state index is 0.0762. The van der Waals surface area contributed by atoms with Gasteiger partial charge in [-0.1, -0.05) is 11.6 Å². The zero-order chi connectivity index (χ0) is 22.8. The lowest BCUT2D eigenvalue weighted by Gasteiger charge is -2.26. The molecule has 1 fully saturated rings. The van der Waals surface area contributed by atoms with Crippen LogP contribution in [-0.4, -0.2) is 36.0 Å². The van der Waals surface area contributed by atoms with E-state index in [1.165, 1.54) is 25.3 Å². The predicted octanol–water partition coefficient (Wildman–Crippen LogP) is 4.38. The first-order chi connectivity index (χ1) is 15.5. The number of pyridine rings is 1. The summed E-state index contributed by atoms with van der Waals surface area (Å²) in [6.45, 7) is 0. The molecule has 1 saturated heterocycles. The zero-order valence-corrected chi connectivity index (χ0v) is 18.0. The highest BCUT2D eigenvalue weighted by atomic mass is 35.5. The molecular weight excluding hydrogens is 432 g/mol. The lowest BCUT2D eigenvalue weighted by atomic mass is 9.94. The summed E-state index contributed by atoms with van der Waals surface area (Å²) in [4.78, 5) is 31.7. The van der Waals surface area contributed by atoms with E-state index in [2.05, 4.69) is 4.98 Å². The monoisotopic (exact) mass is 450 g/mol. The number of carbonyl (C=O) groups is 2. The van der Waals surface area contributed by atoms with E-state index in [0.29, 0.717) is 33.3 Å². The summed E-state index contributed by atoms with van der Waals surface area (Å²) in [5.41, 5.74) is 1.16. The molecule has 7 nitrogen and oxygen atoms in total. The number of hydrogen-bond acceptors (Lipinski definition) is 6. The van der Waals surface area contributed by atoms with Crippen LogP contribution in [0.15, 0.2) is 72.6 Å². The number of aliphatic hydroxyl groups is 1. The van der Waals surface area contributed by atoms with Crippen molar-refractivity contribution >= 4 is 34.7 Å². The number of ketones is 1. The van der Waals surface area contributed by atoms with Crippen molar-refractivity contribution in [2.24, 2.45) is 0 Å².